The number of benzene rings is 1. The molecule has 0 amide bonds. The molecule has 0 spiro atoms. The summed E-state index contributed by atoms with van der Waals surface area (Å²) >= 11 is 0. The number of fused-ring (bicyclic) bond motifs is 2. The van der Waals surface area contributed by atoms with Crippen molar-refractivity contribution in [3.8, 4) is 0 Å². The van der Waals surface area contributed by atoms with Crippen LogP contribution in [-0.2, 0) is 0 Å². The first-order valence-electron chi connectivity index (χ1n) is 13.6. The Bertz CT molecular complexity index is 1400. The van der Waals surface area contributed by atoms with Gasteiger partial charge in [-0.25, -0.2) is 0 Å². The second-order valence-electron chi connectivity index (χ2n) is 10.7. The van der Waals surface area contributed by atoms with Crippen LogP contribution < -0.4 is 5.32 Å². The maximum absolute atomic E-state index is 3.74. The fraction of sp³-hybridized carbons (Fsp3) is 0.235. The molecule has 7 rings (SSSR count). The summed E-state index contributed by atoms with van der Waals surface area (Å²) in [5.74, 6) is 0.930. The molecule has 6 aliphatic rings. The third-order valence-electron chi connectivity index (χ3n) is 8.55. The maximum Gasteiger partial charge on any atom is 0.189 e. The smallest absolute Gasteiger partial charge is 0.189 e. The Morgan fingerprint density at radius 1 is 0.833 bits per heavy atom. The van der Waals surface area contributed by atoms with Gasteiger partial charge in [0.05, 0.1) is 0 Å². The zero-order valence-corrected chi connectivity index (χ0v) is 20.8. The van der Waals surface area contributed by atoms with Crippen molar-refractivity contribution in [2.45, 2.75) is 38.1 Å². The first-order valence-corrected chi connectivity index (χ1v) is 13.6. The number of hydrogen-bond acceptors (Lipinski definition) is 1. The molecule has 0 radical (unpaired) electrons. The van der Waals surface area contributed by atoms with Gasteiger partial charge in [0, 0.05) is 23.6 Å². The highest BCUT2D eigenvalue weighted by Gasteiger charge is 2.30. The Morgan fingerprint density at radius 3 is 2.61 bits per heavy atom. The minimum Gasteiger partial charge on any atom is -0.379 e. The molecule has 1 heterocycles. The van der Waals surface area contributed by atoms with Crippen LogP contribution in [0.4, 0.5) is 5.69 Å². The maximum atomic E-state index is 3.74. The van der Waals surface area contributed by atoms with E-state index in [1.54, 1.807) is 22.1 Å². The molecule has 0 saturated carbocycles. The Labute approximate surface area is 215 Å². The summed E-state index contributed by atoms with van der Waals surface area (Å²) in [5, 5.41) is 3.74. The Balaban J connectivity index is 1.02. The van der Waals surface area contributed by atoms with Crippen molar-refractivity contribution in [2.24, 2.45) is 11.8 Å². The molecule has 1 aromatic rings. The third kappa shape index (κ3) is 3.90. The van der Waals surface area contributed by atoms with E-state index in [0.717, 1.165) is 12.8 Å². The molecule has 1 N–H and O–H groups in total. The van der Waals surface area contributed by atoms with Crippen LogP contribution in [0, 0.1) is 11.8 Å². The summed E-state index contributed by atoms with van der Waals surface area (Å²) in [6, 6.07) is 9.36. The van der Waals surface area contributed by atoms with E-state index < -0.39 is 0 Å². The third-order valence-corrected chi connectivity index (χ3v) is 8.55. The molecule has 5 aliphatic carbocycles. The second kappa shape index (κ2) is 9.17. The van der Waals surface area contributed by atoms with Gasteiger partial charge in [0.15, 0.2) is 7.28 Å². The minimum absolute atomic E-state index is 0.336. The van der Waals surface area contributed by atoms with Crippen molar-refractivity contribution in [2.75, 3.05) is 5.32 Å². The molecule has 176 valence electrons. The Kier molecular flexibility index (Phi) is 5.54. The van der Waals surface area contributed by atoms with Crippen LogP contribution in [0.25, 0.3) is 5.57 Å². The molecule has 2 heteroatoms. The van der Waals surface area contributed by atoms with E-state index in [1.807, 2.05) is 0 Å². The molecular formula is C34H32BN. The molecule has 1 nitrogen and oxygen atoms in total. The van der Waals surface area contributed by atoms with Crippen molar-refractivity contribution < 1.29 is 0 Å². The summed E-state index contributed by atoms with van der Waals surface area (Å²) < 4.78 is 0. The summed E-state index contributed by atoms with van der Waals surface area (Å²) in [5.41, 5.74) is 13.3. The molecule has 0 saturated heterocycles. The fourth-order valence-electron chi connectivity index (χ4n) is 6.72. The summed E-state index contributed by atoms with van der Waals surface area (Å²) in [7, 11) is 1.17. The zero-order chi connectivity index (χ0) is 23.9. The second-order valence-corrected chi connectivity index (χ2v) is 10.7. The number of allylic oxidation sites excluding steroid dienone is 18. The molecular weight excluding hydrogens is 433 g/mol. The number of hydrogen-bond donors (Lipinski definition) is 1. The van der Waals surface area contributed by atoms with E-state index >= 15 is 0 Å². The normalized spacial score (nSPS) is 27.7. The van der Waals surface area contributed by atoms with Gasteiger partial charge in [-0.1, -0.05) is 102 Å². The molecule has 36 heavy (non-hydrogen) atoms. The first kappa shape index (κ1) is 21.7. The van der Waals surface area contributed by atoms with Crippen LogP contribution in [0.2, 0.25) is 0 Å². The Hall–Kier alpha value is -3.52. The lowest BCUT2D eigenvalue weighted by Crippen LogP contribution is -2.19. The van der Waals surface area contributed by atoms with Crippen LogP contribution in [0.5, 0.6) is 0 Å². The summed E-state index contributed by atoms with van der Waals surface area (Å²) in [6.07, 6.45) is 36.0. The number of nitrogens with one attached hydrogen (secondary N) is 1. The number of anilines is 1. The van der Waals surface area contributed by atoms with E-state index in [9.17, 15) is 0 Å². The van der Waals surface area contributed by atoms with Crippen molar-refractivity contribution in [3.05, 3.63) is 142 Å². The molecule has 0 fully saturated rings. The van der Waals surface area contributed by atoms with Crippen molar-refractivity contribution >= 4 is 18.5 Å². The highest BCUT2D eigenvalue weighted by molar-refractivity contribution is 6.58. The van der Waals surface area contributed by atoms with Crippen LogP contribution in [-0.4, -0.2) is 13.3 Å². The predicted molar refractivity (Wildman–Crippen MR) is 155 cm³/mol. The van der Waals surface area contributed by atoms with Gasteiger partial charge in [0.2, 0.25) is 0 Å². The van der Waals surface area contributed by atoms with Crippen LogP contribution in [0.1, 0.15) is 37.7 Å². The van der Waals surface area contributed by atoms with Crippen LogP contribution in [0.15, 0.2) is 136 Å². The van der Waals surface area contributed by atoms with Gasteiger partial charge in [0.1, 0.15) is 0 Å². The topological polar surface area (TPSA) is 12.0 Å². The standard InChI is InChI=1S/C34H32BN/c1-2-9-28-23(7-1)8-5-11-29(28)24-15-19-26(20-16-24)36-27-21-17-25(18-22-27)30-12-6-13-32-31-10-3-4-14-33(31)35-34(30)32/h1-3,5,7-12,15-21,23,27-28,35-36H,4,6,13-14,22H2/t23?,27-,28-/m0/s1. The highest BCUT2D eigenvalue weighted by Crippen LogP contribution is 2.43. The van der Waals surface area contributed by atoms with Crippen molar-refractivity contribution in [3.63, 3.8) is 0 Å². The van der Waals surface area contributed by atoms with Crippen LogP contribution in [0.3, 0.4) is 0 Å². The quantitative estimate of drug-likeness (QED) is 0.450. The summed E-state index contributed by atoms with van der Waals surface area (Å²) in [6.45, 7) is 0. The minimum atomic E-state index is 0.336. The summed E-state index contributed by atoms with van der Waals surface area (Å²) in [4.78, 5) is 0. The van der Waals surface area contributed by atoms with Gasteiger partial charge >= 0.3 is 0 Å². The van der Waals surface area contributed by atoms with E-state index in [2.05, 4.69) is 109 Å². The number of rotatable bonds is 4. The largest absolute Gasteiger partial charge is 0.379 e. The molecule has 0 aromatic heterocycles. The van der Waals surface area contributed by atoms with E-state index in [4.69, 9.17) is 0 Å². The fourth-order valence-corrected chi connectivity index (χ4v) is 6.72. The van der Waals surface area contributed by atoms with Gasteiger partial charge in [-0.2, -0.15) is 0 Å². The van der Waals surface area contributed by atoms with E-state index in [1.165, 1.54) is 54.5 Å². The monoisotopic (exact) mass is 465 g/mol. The molecule has 1 aromatic carbocycles. The molecule has 0 bridgehead atoms. The van der Waals surface area contributed by atoms with Crippen molar-refractivity contribution in [1.29, 1.82) is 0 Å². The Morgan fingerprint density at radius 2 is 1.72 bits per heavy atom. The lowest BCUT2D eigenvalue weighted by Gasteiger charge is -2.27. The lowest BCUT2D eigenvalue weighted by molar-refractivity contribution is 0.678. The van der Waals surface area contributed by atoms with Crippen LogP contribution >= 0.6 is 0 Å². The predicted octanol–water partition coefficient (Wildman–Crippen LogP) is 7.69. The van der Waals surface area contributed by atoms with E-state index in [-0.39, 0.29) is 0 Å². The molecule has 1 unspecified atom stereocenters. The van der Waals surface area contributed by atoms with Gasteiger partial charge in [0.25, 0.3) is 0 Å². The van der Waals surface area contributed by atoms with E-state index in [0.29, 0.717) is 17.9 Å². The zero-order valence-electron chi connectivity index (χ0n) is 20.8. The van der Waals surface area contributed by atoms with Gasteiger partial charge in [-0.3, -0.25) is 0 Å². The van der Waals surface area contributed by atoms with Gasteiger partial charge in [-0.15, -0.1) is 0 Å². The van der Waals surface area contributed by atoms with Gasteiger partial charge < -0.3 is 5.32 Å². The molecule has 1 aliphatic heterocycles. The lowest BCUT2D eigenvalue weighted by atomic mass is 9.59. The first-order chi connectivity index (χ1) is 17.8. The SMILES string of the molecule is B1C2=C(C=CCC2)C2=C1C(C1=CC[C@@H](Nc3ccc(C4=CC=CC5C=CC=C[C@H]45)cc3)C=C1)=CCC2. The molecule has 3 atom stereocenters. The average Bonchev–Trinajstić information content (AvgIpc) is 3.33. The average molecular weight is 465 g/mol. The highest BCUT2D eigenvalue weighted by atomic mass is 14.9. The van der Waals surface area contributed by atoms with Crippen molar-refractivity contribution in [1.82, 2.24) is 0 Å². The van der Waals surface area contributed by atoms with Gasteiger partial charge in [-0.05, 0) is 77.7 Å².